The highest BCUT2D eigenvalue weighted by Crippen LogP contribution is 1.99. The van der Waals surface area contributed by atoms with Crippen LogP contribution in [0.5, 0.6) is 0 Å². The molecule has 0 aliphatic heterocycles. The Morgan fingerprint density at radius 2 is 2.31 bits per heavy atom. The van der Waals surface area contributed by atoms with Crippen molar-refractivity contribution < 1.29 is 4.79 Å². The van der Waals surface area contributed by atoms with Gasteiger partial charge >= 0.3 is 0 Å². The second-order valence-electron chi connectivity index (χ2n) is 3.73. The Morgan fingerprint density at radius 1 is 1.50 bits per heavy atom. The minimum Gasteiger partial charge on any atom is -0.349 e. The fourth-order valence-corrected chi connectivity index (χ4v) is 1.34. The van der Waals surface area contributed by atoms with Gasteiger partial charge in [-0.3, -0.25) is 4.79 Å². The summed E-state index contributed by atoms with van der Waals surface area (Å²) >= 11 is 0. The van der Waals surface area contributed by atoms with Crippen molar-refractivity contribution in [2.45, 2.75) is 32.2 Å². The van der Waals surface area contributed by atoms with E-state index >= 15 is 0 Å². The molecule has 0 aliphatic rings. The van der Waals surface area contributed by atoms with Gasteiger partial charge in [0.05, 0.1) is 6.54 Å². The third-order valence-electron chi connectivity index (χ3n) is 2.36. The summed E-state index contributed by atoms with van der Waals surface area (Å²) in [5.41, 5.74) is 5.37. The van der Waals surface area contributed by atoms with Crippen molar-refractivity contribution in [1.29, 1.82) is 0 Å². The smallest absolute Gasteiger partial charge is 0.220 e. The SMILES string of the molecule is Cn1cnnc1CNC(=O)CCCCCN. The number of carbonyl (C=O) groups is 1. The van der Waals surface area contributed by atoms with Gasteiger partial charge in [0.15, 0.2) is 5.82 Å². The van der Waals surface area contributed by atoms with E-state index < -0.39 is 0 Å². The van der Waals surface area contributed by atoms with Gasteiger partial charge < -0.3 is 15.6 Å². The van der Waals surface area contributed by atoms with Crippen LogP contribution in [0.3, 0.4) is 0 Å². The molecule has 90 valence electrons. The van der Waals surface area contributed by atoms with E-state index in [9.17, 15) is 4.79 Å². The normalized spacial score (nSPS) is 10.4. The van der Waals surface area contributed by atoms with Crippen molar-refractivity contribution in [2.24, 2.45) is 12.8 Å². The molecule has 1 rings (SSSR count). The highest BCUT2D eigenvalue weighted by molar-refractivity contribution is 5.75. The zero-order valence-electron chi connectivity index (χ0n) is 9.65. The van der Waals surface area contributed by atoms with Crippen LogP contribution in [-0.4, -0.2) is 27.2 Å². The number of aromatic nitrogens is 3. The van der Waals surface area contributed by atoms with Crippen LogP contribution in [0.2, 0.25) is 0 Å². The number of hydrogen-bond donors (Lipinski definition) is 2. The summed E-state index contributed by atoms with van der Waals surface area (Å²) in [5.74, 6) is 0.815. The lowest BCUT2D eigenvalue weighted by Gasteiger charge is -2.04. The van der Waals surface area contributed by atoms with E-state index in [-0.39, 0.29) is 5.91 Å². The molecule has 0 saturated carbocycles. The topological polar surface area (TPSA) is 85.8 Å². The van der Waals surface area contributed by atoms with Crippen LogP contribution in [-0.2, 0) is 18.4 Å². The van der Waals surface area contributed by atoms with Gasteiger partial charge in [0.2, 0.25) is 5.91 Å². The number of rotatable bonds is 7. The predicted molar refractivity (Wildman–Crippen MR) is 60.4 cm³/mol. The standard InChI is InChI=1S/C10H19N5O/c1-15-8-13-14-9(15)7-12-10(16)5-3-2-4-6-11/h8H,2-7,11H2,1H3,(H,12,16). The fraction of sp³-hybridized carbons (Fsp3) is 0.700. The lowest BCUT2D eigenvalue weighted by atomic mass is 10.2. The van der Waals surface area contributed by atoms with Crippen molar-refractivity contribution >= 4 is 5.91 Å². The first-order chi connectivity index (χ1) is 7.74. The Labute approximate surface area is 95.2 Å². The largest absolute Gasteiger partial charge is 0.349 e. The Hall–Kier alpha value is -1.43. The van der Waals surface area contributed by atoms with Crippen LogP contribution in [0, 0.1) is 0 Å². The van der Waals surface area contributed by atoms with E-state index in [1.165, 1.54) is 0 Å². The molecule has 0 atom stereocenters. The lowest BCUT2D eigenvalue weighted by Crippen LogP contribution is -2.24. The molecular formula is C10H19N5O. The van der Waals surface area contributed by atoms with Crippen molar-refractivity contribution in [3.63, 3.8) is 0 Å². The molecule has 0 spiro atoms. The second-order valence-corrected chi connectivity index (χ2v) is 3.73. The maximum absolute atomic E-state index is 11.4. The average molecular weight is 225 g/mol. The van der Waals surface area contributed by atoms with Crippen molar-refractivity contribution in [3.8, 4) is 0 Å². The summed E-state index contributed by atoms with van der Waals surface area (Å²) in [5, 5.41) is 10.4. The van der Waals surface area contributed by atoms with Crippen LogP contribution in [0.25, 0.3) is 0 Å². The molecule has 16 heavy (non-hydrogen) atoms. The molecule has 3 N–H and O–H groups in total. The van der Waals surface area contributed by atoms with Gasteiger partial charge in [0.1, 0.15) is 6.33 Å². The van der Waals surface area contributed by atoms with Gasteiger partial charge in [0, 0.05) is 13.5 Å². The van der Waals surface area contributed by atoms with Gasteiger partial charge in [-0.15, -0.1) is 10.2 Å². The number of amides is 1. The van der Waals surface area contributed by atoms with Gasteiger partial charge in [0.25, 0.3) is 0 Å². The number of unbranched alkanes of at least 4 members (excludes halogenated alkanes) is 2. The third kappa shape index (κ3) is 4.39. The number of aryl methyl sites for hydroxylation is 1. The number of nitrogens with one attached hydrogen (secondary N) is 1. The Balaban J connectivity index is 2.13. The van der Waals surface area contributed by atoms with Crippen LogP contribution in [0.15, 0.2) is 6.33 Å². The summed E-state index contributed by atoms with van der Waals surface area (Å²) in [4.78, 5) is 11.4. The molecule has 1 aromatic heterocycles. The average Bonchev–Trinajstić information content (AvgIpc) is 2.67. The molecule has 1 amide bonds. The Morgan fingerprint density at radius 3 is 2.94 bits per heavy atom. The van der Waals surface area contributed by atoms with Gasteiger partial charge in [-0.25, -0.2) is 0 Å². The molecule has 0 aliphatic carbocycles. The minimum absolute atomic E-state index is 0.0556. The summed E-state index contributed by atoms with van der Waals surface area (Å²) in [6, 6.07) is 0. The molecule has 6 nitrogen and oxygen atoms in total. The zero-order chi connectivity index (χ0) is 11.8. The van der Waals surface area contributed by atoms with Crippen molar-refractivity contribution in [2.75, 3.05) is 6.54 Å². The van der Waals surface area contributed by atoms with E-state index in [4.69, 9.17) is 5.73 Å². The van der Waals surface area contributed by atoms with Crippen LogP contribution < -0.4 is 11.1 Å². The van der Waals surface area contributed by atoms with Crippen LogP contribution >= 0.6 is 0 Å². The third-order valence-corrected chi connectivity index (χ3v) is 2.36. The maximum Gasteiger partial charge on any atom is 0.220 e. The summed E-state index contributed by atoms with van der Waals surface area (Å²) < 4.78 is 1.79. The van der Waals surface area contributed by atoms with Crippen molar-refractivity contribution in [3.05, 3.63) is 12.2 Å². The molecule has 6 heteroatoms. The number of nitrogens with zero attached hydrogens (tertiary/aromatic N) is 3. The molecule has 0 radical (unpaired) electrons. The fourth-order valence-electron chi connectivity index (χ4n) is 1.34. The van der Waals surface area contributed by atoms with E-state index in [1.54, 1.807) is 10.9 Å². The van der Waals surface area contributed by atoms with Crippen LogP contribution in [0.4, 0.5) is 0 Å². The molecular weight excluding hydrogens is 206 g/mol. The summed E-state index contributed by atoms with van der Waals surface area (Å²) in [6.07, 6.45) is 5.05. The van der Waals surface area contributed by atoms with E-state index in [0.717, 1.165) is 25.1 Å². The highest BCUT2D eigenvalue weighted by atomic mass is 16.1. The predicted octanol–water partition coefficient (Wildman–Crippen LogP) is -0.0496. The Bertz CT molecular complexity index is 323. The first-order valence-corrected chi connectivity index (χ1v) is 5.53. The number of hydrogen-bond acceptors (Lipinski definition) is 4. The van der Waals surface area contributed by atoms with E-state index in [0.29, 0.717) is 19.5 Å². The molecule has 0 unspecified atom stereocenters. The van der Waals surface area contributed by atoms with E-state index in [2.05, 4.69) is 15.5 Å². The van der Waals surface area contributed by atoms with Crippen molar-refractivity contribution in [1.82, 2.24) is 20.1 Å². The lowest BCUT2D eigenvalue weighted by molar-refractivity contribution is -0.121. The molecule has 0 bridgehead atoms. The quantitative estimate of drug-likeness (QED) is 0.637. The van der Waals surface area contributed by atoms with Gasteiger partial charge in [-0.2, -0.15) is 0 Å². The van der Waals surface area contributed by atoms with Gasteiger partial charge in [-0.05, 0) is 19.4 Å². The second kappa shape index (κ2) is 6.95. The maximum atomic E-state index is 11.4. The molecule has 0 fully saturated rings. The van der Waals surface area contributed by atoms with E-state index in [1.807, 2.05) is 7.05 Å². The number of nitrogens with two attached hydrogens (primary N) is 1. The van der Waals surface area contributed by atoms with Crippen LogP contribution in [0.1, 0.15) is 31.5 Å². The zero-order valence-corrected chi connectivity index (χ0v) is 9.65. The monoisotopic (exact) mass is 225 g/mol. The molecule has 0 aromatic carbocycles. The van der Waals surface area contributed by atoms with Gasteiger partial charge in [-0.1, -0.05) is 6.42 Å². The Kier molecular flexibility index (Phi) is 5.49. The highest BCUT2D eigenvalue weighted by Gasteiger charge is 2.04. The summed E-state index contributed by atoms with van der Waals surface area (Å²) in [6.45, 7) is 1.13. The summed E-state index contributed by atoms with van der Waals surface area (Å²) in [7, 11) is 1.85. The molecule has 1 heterocycles. The first-order valence-electron chi connectivity index (χ1n) is 5.53. The molecule has 1 aromatic rings. The number of carbonyl (C=O) groups excluding carboxylic acids is 1. The molecule has 0 saturated heterocycles. The first kappa shape index (κ1) is 12.6. The minimum atomic E-state index is 0.0556.